The van der Waals surface area contributed by atoms with Crippen LogP contribution in [0.4, 0.5) is 0 Å². The molecule has 1 heteroatoms. The third-order valence-corrected chi connectivity index (χ3v) is 3.87. The van der Waals surface area contributed by atoms with E-state index in [-0.39, 0.29) is 0 Å². The summed E-state index contributed by atoms with van der Waals surface area (Å²) in [6.45, 7) is 4.76. The van der Waals surface area contributed by atoms with Gasteiger partial charge in [0.05, 0.1) is 5.92 Å². The van der Waals surface area contributed by atoms with Crippen LogP contribution < -0.4 is 0 Å². The zero-order valence-electron chi connectivity index (χ0n) is 11.0. The fourth-order valence-electron chi connectivity index (χ4n) is 2.78. The predicted molar refractivity (Wildman–Crippen MR) is 77.7 cm³/mol. The fourth-order valence-corrected chi connectivity index (χ4v) is 2.78. The Bertz CT molecular complexity index is 575. The number of benzene rings is 2. The monoisotopic (exact) mass is 238 g/mol. The largest absolute Gasteiger partial charge is 0.239 e. The van der Waals surface area contributed by atoms with E-state index in [9.17, 15) is 0 Å². The van der Waals surface area contributed by atoms with Crippen molar-refractivity contribution in [3.05, 3.63) is 48.0 Å². The molecule has 0 bridgehead atoms. The van der Waals surface area contributed by atoms with Gasteiger partial charge in [0, 0.05) is 12.8 Å². The van der Waals surface area contributed by atoms with Crippen LogP contribution in [0.15, 0.2) is 42.5 Å². The van der Waals surface area contributed by atoms with E-state index < -0.39 is 0 Å². The molecule has 0 N–H and O–H groups in total. The van der Waals surface area contributed by atoms with Crippen LogP contribution in [0.25, 0.3) is 10.8 Å². The number of hydrogen-bond donors (Lipinski definition) is 0. The minimum Gasteiger partial charge on any atom is -0.239 e. The van der Waals surface area contributed by atoms with Crippen molar-refractivity contribution in [2.45, 2.75) is 25.7 Å². The van der Waals surface area contributed by atoms with Gasteiger partial charge in [-0.25, -0.2) is 4.58 Å². The van der Waals surface area contributed by atoms with E-state index in [1.807, 2.05) is 0 Å². The molecular weight excluding hydrogens is 218 g/mol. The molecule has 0 aliphatic carbocycles. The Balaban J connectivity index is 1.91. The van der Waals surface area contributed by atoms with E-state index in [1.165, 1.54) is 42.3 Å². The van der Waals surface area contributed by atoms with Crippen LogP contribution in [0, 0.1) is 0 Å². The molecule has 92 valence electrons. The quantitative estimate of drug-likeness (QED) is 0.700. The van der Waals surface area contributed by atoms with E-state index in [2.05, 4.69) is 60.2 Å². The van der Waals surface area contributed by atoms with Crippen LogP contribution in [0.2, 0.25) is 0 Å². The van der Waals surface area contributed by atoms with Crippen LogP contribution in [0.3, 0.4) is 0 Å². The summed E-state index contributed by atoms with van der Waals surface area (Å²) >= 11 is 0. The maximum atomic E-state index is 2.47. The van der Waals surface area contributed by atoms with E-state index >= 15 is 0 Å². The Labute approximate surface area is 109 Å². The second kappa shape index (κ2) is 4.93. The molecule has 2 aromatic rings. The van der Waals surface area contributed by atoms with E-state index in [1.54, 1.807) is 0 Å². The zero-order chi connectivity index (χ0) is 12.4. The van der Waals surface area contributed by atoms with Gasteiger partial charge in [-0.1, -0.05) is 42.5 Å². The maximum absolute atomic E-state index is 2.47. The Kier molecular flexibility index (Phi) is 3.14. The third kappa shape index (κ3) is 2.31. The molecule has 1 heterocycles. The maximum Gasteiger partial charge on any atom is 0.146 e. The van der Waals surface area contributed by atoms with Gasteiger partial charge in [0.15, 0.2) is 0 Å². The highest BCUT2D eigenvalue weighted by Gasteiger charge is 2.15. The van der Waals surface area contributed by atoms with Crippen molar-refractivity contribution in [3.8, 4) is 0 Å². The van der Waals surface area contributed by atoms with Gasteiger partial charge in [-0.2, -0.15) is 0 Å². The second-order valence-electron chi connectivity index (χ2n) is 5.29. The lowest BCUT2D eigenvalue weighted by atomic mass is 9.98. The number of nitrogens with zero attached hydrogens (tertiary/aromatic N) is 1. The summed E-state index contributed by atoms with van der Waals surface area (Å²) in [7, 11) is 0. The molecule has 0 unspecified atom stereocenters. The standard InChI is InChI=1S/C17H20N/c1-14(13-18-10-4-5-11-18)16-9-8-15-6-2-3-7-17(15)12-16/h2-3,6-9,12-14H,4-5,10-11H2,1H3/q+1/t14-/m1/s1. The van der Waals surface area contributed by atoms with Crippen molar-refractivity contribution >= 4 is 17.0 Å². The number of fused-ring (bicyclic) bond motifs is 1. The summed E-state index contributed by atoms with van der Waals surface area (Å²) < 4.78 is 2.47. The van der Waals surface area contributed by atoms with Crippen molar-refractivity contribution in [2.75, 3.05) is 13.1 Å². The minimum absolute atomic E-state index is 0.507. The van der Waals surface area contributed by atoms with Gasteiger partial charge in [-0.15, -0.1) is 0 Å². The molecule has 0 aromatic heterocycles. The number of rotatable bonds is 2. The predicted octanol–water partition coefficient (Wildman–Crippen LogP) is 3.82. The van der Waals surface area contributed by atoms with Crippen molar-refractivity contribution < 1.29 is 4.58 Å². The van der Waals surface area contributed by atoms with Crippen LogP contribution >= 0.6 is 0 Å². The van der Waals surface area contributed by atoms with Crippen molar-refractivity contribution in [2.24, 2.45) is 0 Å². The molecule has 0 radical (unpaired) electrons. The molecule has 1 aliphatic rings. The molecule has 2 aromatic carbocycles. The molecule has 18 heavy (non-hydrogen) atoms. The first-order valence-electron chi connectivity index (χ1n) is 6.91. The lowest BCUT2D eigenvalue weighted by Crippen LogP contribution is -2.11. The molecule has 3 rings (SSSR count). The smallest absolute Gasteiger partial charge is 0.146 e. The van der Waals surface area contributed by atoms with Crippen LogP contribution in [-0.2, 0) is 0 Å². The average Bonchev–Trinajstić information content (AvgIpc) is 2.91. The Hall–Kier alpha value is -1.63. The van der Waals surface area contributed by atoms with E-state index in [0.717, 1.165) is 0 Å². The molecule has 1 saturated heterocycles. The first-order valence-corrected chi connectivity index (χ1v) is 6.91. The molecule has 0 amide bonds. The molecule has 0 spiro atoms. The SMILES string of the molecule is C[C@H](C=[N+]1CCCC1)c1ccc2ccccc2c1. The minimum atomic E-state index is 0.507. The molecule has 1 fully saturated rings. The summed E-state index contributed by atoms with van der Waals surface area (Å²) in [5.74, 6) is 0.507. The lowest BCUT2D eigenvalue weighted by molar-refractivity contribution is -0.502. The third-order valence-electron chi connectivity index (χ3n) is 3.87. The van der Waals surface area contributed by atoms with Gasteiger partial charge in [0.2, 0.25) is 0 Å². The normalized spacial score (nSPS) is 17.1. The second-order valence-corrected chi connectivity index (χ2v) is 5.29. The van der Waals surface area contributed by atoms with Crippen LogP contribution in [0.5, 0.6) is 0 Å². The molecule has 1 atom stereocenters. The Morgan fingerprint density at radius 2 is 1.72 bits per heavy atom. The topological polar surface area (TPSA) is 3.01 Å². The highest BCUT2D eigenvalue weighted by atomic mass is 15.0. The Morgan fingerprint density at radius 3 is 2.50 bits per heavy atom. The van der Waals surface area contributed by atoms with Crippen LogP contribution in [-0.4, -0.2) is 23.9 Å². The van der Waals surface area contributed by atoms with Gasteiger partial charge < -0.3 is 0 Å². The van der Waals surface area contributed by atoms with Gasteiger partial charge in [0.25, 0.3) is 0 Å². The van der Waals surface area contributed by atoms with Gasteiger partial charge in [0.1, 0.15) is 19.3 Å². The van der Waals surface area contributed by atoms with Crippen molar-refractivity contribution in [3.63, 3.8) is 0 Å². The van der Waals surface area contributed by atoms with Gasteiger partial charge in [-0.05, 0) is 23.3 Å². The highest BCUT2D eigenvalue weighted by Crippen LogP contribution is 2.20. The van der Waals surface area contributed by atoms with Gasteiger partial charge >= 0.3 is 0 Å². The average molecular weight is 238 g/mol. The first kappa shape index (κ1) is 11.5. The molecular formula is C17H20N+. The fraction of sp³-hybridized carbons (Fsp3) is 0.353. The summed E-state index contributed by atoms with van der Waals surface area (Å²) in [6.07, 6.45) is 5.10. The first-order chi connectivity index (χ1) is 8.83. The summed E-state index contributed by atoms with van der Waals surface area (Å²) in [5.41, 5.74) is 1.42. The van der Waals surface area contributed by atoms with Crippen molar-refractivity contribution in [1.82, 2.24) is 0 Å². The summed E-state index contributed by atoms with van der Waals surface area (Å²) in [5, 5.41) is 2.67. The number of hydrogen-bond acceptors (Lipinski definition) is 0. The molecule has 1 nitrogen and oxygen atoms in total. The Morgan fingerprint density at radius 1 is 1.00 bits per heavy atom. The van der Waals surface area contributed by atoms with E-state index in [0.29, 0.717) is 5.92 Å². The molecule has 1 aliphatic heterocycles. The van der Waals surface area contributed by atoms with E-state index in [4.69, 9.17) is 0 Å². The van der Waals surface area contributed by atoms with Gasteiger partial charge in [-0.3, -0.25) is 0 Å². The van der Waals surface area contributed by atoms with Crippen molar-refractivity contribution in [1.29, 1.82) is 0 Å². The van der Waals surface area contributed by atoms with Crippen LogP contribution in [0.1, 0.15) is 31.2 Å². The molecule has 0 saturated carbocycles. The lowest BCUT2D eigenvalue weighted by Gasteiger charge is -2.07. The highest BCUT2D eigenvalue weighted by molar-refractivity contribution is 5.84. The summed E-state index contributed by atoms with van der Waals surface area (Å²) in [6, 6.07) is 15.4. The summed E-state index contributed by atoms with van der Waals surface area (Å²) in [4.78, 5) is 0. The zero-order valence-corrected chi connectivity index (χ0v) is 11.0.